The van der Waals surface area contributed by atoms with Crippen molar-refractivity contribution in [1.29, 1.82) is 0 Å². The van der Waals surface area contributed by atoms with Crippen LogP contribution in [0.1, 0.15) is 6.42 Å². The Morgan fingerprint density at radius 1 is 0.617 bits per heavy atom. The summed E-state index contributed by atoms with van der Waals surface area (Å²) in [6.07, 6.45) is -0.966. The fraction of sp³-hybridized carbons (Fsp3) is 0.0857. The van der Waals surface area contributed by atoms with E-state index in [4.69, 9.17) is 14.2 Å². The Kier molecular flexibility index (Phi) is 8.41. The van der Waals surface area contributed by atoms with Gasteiger partial charge in [-0.3, -0.25) is 18.7 Å². The van der Waals surface area contributed by atoms with E-state index in [-0.39, 0.29) is 23.0 Å². The van der Waals surface area contributed by atoms with Crippen LogP contribution in [0.3, 0.4) is 0 Å². The molecule has 0 radical (unpaired) electrons. The van der Waals surface area contributed by atoms with Gasteiger partial charge in [0.15, 0.2) is 0 Å². The first-order chi connectivity index (χ1) is 22.5. The van der Waals surface area contributed by atoms with Crippen LogP contribution in [0.25, 0.3) is 22.3 Å². The molecule has 7 rings (SSSR count). The lowest BCUT2D eigenvalue weighted by molar-refractivity contribution is -0.147. The predicted molar refractivity (Wildman–Crippen MR) is 177 cm³/mol. The number of rotatable bonds is 6. The Labute approximate surface area is 269 Å². The van der Waals surface area contributed by atoms with Crippen LogP contribution in [-0.4, -0.2) is 38.5 Å². The van der Waals surface area contributed by atoms with Gasteiger partial charge in [0.05, 0.1) is 34.4 Å². The average molecular weight is 671 g/mol. The largest absolute Gasteiger partial charge is 0.508 e. The quantitative estimate of drug-likeness (QED) is 0.120. The van der Waals surface area contributed by atoms with Crippen molar-refractivity contribution in [3.8, 4) is 45.3 Å². The third-order valence-electron chi connectivity index (χ3n) is 7.83. The van der Waals surface area contributed by atoms with Crippen molar-refractivity contribution < 1.29 is 48.2 Å². The van der Waals surface area contributed by atoms with Crippen molar-refractivity contribution in [1.82, 2.24) is 0 Å². The lowest BCUT2D eigenvalue weighted by Gasteiger charge is -2.29. The molecular weight excluding hydrogens is 642 g/mol. The maximum absolute atomic E-state index is 13.7. The summed E-state index contributed by atoms with van der Waals surface area (Å²) in [5.41, 5.74) is 3.17. The molecule has 0 spiro atoms. The van der Waals surface area contributed by atoms with Gasteiger partial charge >= 0.3 is 19.3 Å². The van der Waals surface area contributed by atoms with E-state index in [2.05, 4.69) is 0 Å². The van der Waals surface area contributed by atoms with Crippen LogP contribution >= 0.6 is 14.7 Å². The summed E-state index contributed by atoms with van der Waals surface area (Å²) in [7, 11) is -7.11. The van der Waals surface area contributed by atoms with E-state index in [0.717, 1.165) is 22.3 Å². The summed E-state index contributed by atoms with van der Waals surface area (Å²) in [4.78, 5) is 22.3. The van der Waals surface area contributed by atoms with E-state index in [1.54, 1.807) is 60.7 Å². The second-order valence-corrected chi connectivity index (χ2v) is 15.5. The van der Waals surface area contributed by atoms with Crippen molar-refractivity contribution >= 4 is 42.6 Å². The van der Waals surface area contributed by atoms with Crippen LogP contribution in [0.15, 0.2) is 115 Å². The Bertz CT molecular complexity index is 2130. The van der Waals surface area contributed by atoms with Crippen molar-refractivity contribution in [3.63, 3.8) is 0 Å². The van der Waals surface area contributed by atoms with Gasteiger partial charge in [0, 0.05) is 11.1 Å². The number of aliphatic carboxylic acids is 2. The summed E-state index contributed by atoms with van der Waals surface area (Å²) in [6.45, 7) is 0. The number of benzene rings is 5. The summed E-state index contributed by atoms with van der Waals surface area (Å²) < 4.78 is 38.7. The molecule has 0 aromatic heterocycles. The zero-order valence-electron chi connectivity index (χ0n) is 24.6. The molecule has 47 heavy (non-hydrogen) atoms. The predicted octanol–water partition coefficient (Wildman–Crippen LogP) is 6.21. The number of hydrogen-bond donors (Lipinski definition) is 4. The van der Waals surface area contributed by atoms with E-state index in [1.807, 2.05) is 36.4 Å². The fourth-order valence-corrected chi connectivity index (χ4v) is 10.6. The van der Waals surface area contributed by atoms with Crippen LogP contribution in [0, 0.1) is 5.92 Å². The first kappa shape index (κ1) is 31.7. The molecule has 2 heterocycles. The van der Waals surface area contributed by atoms with Crippen LogP contribution in [0.5, 0.6) is 23.0 Å². The second kappa shape index (κ2) is 12.5. The molecule has 5 aromatic rings. The molecule has 0 bridgehead atoms. The number of carboxylic acid groups (broad SMARTS) is 2. The molecule has 3 atom stereocenters. The van der Waals surface area contributed by atoms with Gasteiger partial charge in [0.1, 0.15) is 23.0 Å². The highest BCUT2D eigenvalue weighted by Crippen LogP contribution is 2.56. The van der Waals surface area contributed by atoms with Gasteiger partial charge in [-0.25, -0.2) is 0 Å². The monoisotopic (exact) mass is 670 g/mol. The zero-order valence-corrected chi connectivity index (χ0v) is 26.4. The van der Waals surface area contributed by atoms with E-state index in [1.165, 1.54) is 18.2 Å². The molecule has 238 valence electrons. The number of aromatic hydroxyl groups is 2. The van der Waals surface area contributed by atoms with Gasteiger partial charge in [0.2, 0.25) is 0 Å². The average Bonchev–Trinajstić information content (AvgIpc) is 3.06. The molecule has 0 aliphatic carbocycles. The second-order valence-electron chi connectivity index (χ2n) is 10.9. The number of carbonyl (C=O) groups is 2. The van der Waals surface area contributed by atoms with Crippen LogP contribution in [0.2, 0.25) is 0 Å². The maximum atomic E-state index is 13.7. The van der Waals surface area contributed by atoms with E-state index < -0.39 is 39.0 Å². The number of phenolic OH excluding ortho intramolecular Hbond substituents is 2. The minimum atomic E-state index is -3.56. The first-order valence-electron chi connectivity index (χ1n) is 14.4. The summed E-state index contributed by atoms with van der Waals surface area (Å²) in [6, 6.07) is 32.6. The summed E-state index contributed by atoms with van der Waals surface area (Å²) in [5, 5.41) is 39.1. The lowest BCUT2D eigenvalue weighted by atomic mass is 10.0. The molecule has 2 aliphatic rings. The normalized spacial score (nSPS) is 19.1. The van der Waals surface area contributed by atoms with Crippen molar-refractivity contribution in [2.24, 2.45) is 5.92 Å². The van der Waals surface area contributed by atoms with Crippen molar-refractivity contribution in [2.75, 3.05) is 6.16 Å². The highest BCUT2D eigenvalue weighted by molar-refractivity contribution is 7.75. The summed E-state index contributed by atoms with van der Waals surface area (Å²) >= 11 is 0. The maximum Gasteiger partial charge on any atom is 0.311 e. The highest BCUT2D eigenvalue weighted by atomic mass is 31.2. The van der Waals surface area contributed by atoms with Crippen molar-refractivity contribution in [3.05, 3.63) is 115 Å². The number of carboxylic acids is 2. The molecule has 2 aliphatic heterocycles. The summed E-state index contributed by atoms with van der Waals surface area (Å²) in [5.74, 6) is -3.16. The molecule has 10 nitrogen and oxygen atoms in total. The number of hydrogen-bond acceptors (Lipinski definition) is 8. The topological polar surface area (TPSA) is 168 Å². The minimum absolute atomic E-state index is 0.0760. The van der Waals surface area contributed by atoms with Gasteiger partial charge in [-0.15, -0.1) is 0 Å². The Balaban J connectivity index is 0.000000164. The minimum Gasteiger partial charge on any atom is -0.508 e. The molecule has 0 saturated carbocycles. The first-order valence-corrected chi connectivity index (χ1v) is 17.9. The molecular formula is C35H28O10P2. The number of phenols is 2. The highest BCUT2D eigenvalue weighted by Gasteiger charge is 2.41. The smallest absolute Gasteiger partial charge is 0.311 e. The van der Waals surface area contributed by atoms with E-state index in [0.29, 0.717) is 22.1 Å². The van der Waals surface area contributed by atoms with E-state index in [9.17, 15) is 34.0 Å². The van der Waals surface area contributed by atoms with Gasteiger partial charge < -0.3 is 29.5 Å². The van der Waals surface area contributed by atoms with Crippen LogP contribution < -0.4 is 25.0 Å². The molecule has 0 fully saturated rings. The third kappa shape index (κ3) is 6.01. The number of para-hydroxylation sites is 2. The van der Waals surface area contributed by atoms with E-state index >= 15 is 0 Å². The molecule has 0 amide bonds. The molecule has 4 N–H and O–H groups in total. The molecule has 12 heteroatoms. The standard InChI is InChI=1S/C18H13O4P.C17H15O6P/c19-12-9-10-15(20)18(11-12)23(21)17-8-4-2-6-14(17)13-5-1-3-7-16(13)22-23;18-16(19)9-11(17(20)21)10-24(22)15-8-4-2-6-13(15)12-5-1-3-7-14(12)23-24/h1-11,19-20H;1-8,11H,9-10H2,(H,18,19)(H,20,21). The number of fused-ring (bicyclic) bond motifs is 6. The van der Waals surface area contributed by atoms with Gasteiger partial charge in [-0.1, -0.05) is 72.8 Å². The molecule has 3 unspecified atom stereocenters. The van der Waals surface area contributed by atoms with Gasteiger partial charge in [0.25, 0.3) is 7.37 Å². The molecule has 0 saturated heterocycles. The SMILES string of the molecule is O=C(O)CC(CP1(=O)Oc2ccccc2-c2ccccc21)C(=O)O.O=P1(c2cc(O)ccc2O)Oc2ccccc2-c2ccccc21. The lowest BCUT2D eigenvalue weighted by Crippen LogP contribution is -2.28. The molecule has 5 aromatic carbocycles. The third-order valence-corrected chi connectivity index (χ3v) is 12.8. The van der Waals surface area contributed by atoms with Crippen LogP contribution in [-0.2, 0) is 18.7 Å². The van der Waals surface area contributed by atoms with Gasteiger partial charge in [-0.05, 0) is 53.6 Å². The van der Waals surface area contributed by atoms with Crippen molar-refractivity contribution in [2.45, 2.75) is 6.42 Å². The Morgan fingerprint density at radius 3 is 1.72 bits per heavy atom. The Morgan fingerprint density at radius 2 is 1.13 bits per heavy atom. The zero-order chi connectivity index (χ0) is 33.3. The van der Waals surface area contributed by atoms with Gasteiger partial charge in [-0.2, -0.15) is 0 Å². The fourth-order valence-electron chi connectivity index (χ4n) is 5.68. The van der Waals surface area contributed by atoms with Crippen LogP contribution in [0.4, 0.5) is 0 Å². The Hall–Kier alpha value is -5.30.